The van der Waals surface area contributed by atoms with E-state index in [0.29, 0.717) is 16.9 Å². The third kappa shape index (κ3) is 7.06. The number of nitrogens with zero attached hydrogens (tertiary/aromatic N) is 1. The zero-order chi connectivity index (χ0) is 30.2. The van der Waals surface area contributed by atoms with Crippen molar-refractivity contribution in [3.8, 4) is 0 Å². The Kier molecular flexibility index (Phi) is 8.54. The Labute approximate surface area is 256 Å². The SMILES string of the molecule is CC1(C)CC2CC(C)(CN2CC2CC(c3ccc(CO)cc3)OC(c3ccc(CNS(=O)(=O)c4ccccc4)cc3)O2)C1. The van der Waals surface area contributed by atoms with E-state index in [1.807, 2.05) is 48.5 Å². The Morgan fingerprint density at radius 3 is 2.26 bits per heavy atom. The van der Waals surface area contributed by atoms with Gasteiger partial charge in [-0.3, -0.25) is 4.90 Å². The number of ether oxygens (including phenoxy) is 2. The van der Waals surface area contributed by atoms with E-state index < -0.39 is 16.3 Å². The molecule has 2 saturated heterocycles. The Bertz CT molecular complexity index is 1490. The molecule has 3 fully saturated rings. The van der Waals surface area contributed by atoms with E-state index in [4.69, 9.17) is 9.47 Å². The topological polar surface area (TPSA) is 88.1 Å². The maximum absolute atomic E-state index is 12.7. The van der Waals surface area contributed by atoms with Gasteiger partial charge in [-0.2, -0.15) is 0 Å². The minimum absolute atomic E-state index is 0.00434. The Balaban J connectivity index is 1.17. The van der Waals surface area contributed by atoms with E-state index in [2.05, 4.69) is 30.4 Å². The van der Waals surface area contributed by atoms with Gasteiger partial charge in [0, 0.05) is 37.7 Å². The molecule has 0 aromatic heterocycles. The number of aliphatic hydroxyl groups excluding tert-OH is 1. The Morgan fingerprint density at radius 2 is 1.56 bits per heavy atom. The van der Waals surface area contributed by atoms with Crippen LogP contribution in [0.25, 0.3) is 0 Å². The van der Waals surface area contributed by atoms with Crippen molar-refractivity contribution in [1.82, 2.24) is 9.62 Å². The quantitative estimate of drug-likeness (QED) is 0.307. The second-order valence-corrected chi connectivity index (χ2v) is 15.6. The summed E-state index contributed by atoms with van der Waals surface area (Å²) in [6.45, 7) is 9.45. The van der Waals surface area contributed by atoms with E-state index in [1.165, 1.54) is 19.3 Å². The van der Waals surface area contributed by atoms with Crippen molar-refractivity contribution in [2.45, 2.75) is 89.0 Å². The Hall–Kier alpha value is -2.59. The maximum atomic E-state index is 12.7. The molecule has 2 aliphatic heterocycles. The molecule has 5 atom stereocenters. The molecule has 1 saturated carbocycles. The zero-order valence-corrected chi connectivity index (χ0v) is 26.2. The van der Waals surface area contributed by atoms with Crippen LogP contribution in [0.5, 0.6) is 0 Å². The van der Waals surface area contributed by atoms with Crippen LogP contribution in [0.3, 0.4) is 0 Å². The molecule has 1 aliphatic carbocycles. The minimum atomic E-state index is -3.59. The van der Waals surface area contributed by atoms with Crippen molar-refractivity contribution in [2.24, 2.45) is 10.8 Å². The van der Waals surface area contributed by atoms with E-state index in [-0.39, 0.29) is 30.3 Å². The summed E-state index contributed by atoms with van der Waals surface area (Å²) in [5, 5.41) is 9.53. The van der Waals surface area contributed by atoms with Gasteiger partial charge >= 0.3 is 0 Å². The standard InChI is InChI=1S/C35H44N2O5S/c1-34(2)18-29-19-35(3,23-34)24-37(29)21-30-17-32(27-13-11-26(22-38)12-14-27)42-33(41-30)28-15-9-25(10-16-28)20-36-43(39,40)31-7-5-4-6-8-31/h4-16,29-30,32-33,36,38H,17-24H2,1-3H3. The summed E-state index contributed by atoms with van der Waals surface area (Å²) in [4.78, 5) is 2.91. The van der Waals surface area contributed by atoms with Gasteiger partial charge in [0.2, 0.25) is 10.0 Å². The second kappa shape index (κ2) is 12.1. The molecule has 43 heavy (non-hydrogen) atoms. The fraction of sp³-hybridized carbons (Fsp3) is 0.486. The van der Waals surface area contributed by atoms with Gasteiger partial charge in [0.25, 0.3) is 0 Å². The second-order valence-electron chi connectivity index (χ2n) is 13.9. The average molecular weight is 605 g/mol. The summed E-state index contributed by atoms with van der Waals surface area (Å²) in [6, 6.07) is 24.8. The fourth-order valence-corrected chi connectivity index (χ4v) is 8.78. The normalized spacial score (nSPS) is 29.0. The van der Waals surface area contributed by atoms with Crippen LogP contribution in [0.1, 0.15) is 81.1 Å². The van der Waals surface area contributed by atoms with Crippen LogP contribution in [0, 0.1) is 10.8 Å². The molecule has 0 spiro atoms. The van der Waals surface area contributed by atoms with Crippen LogP contribution >= 0.6 is 0 Å². The van der Waals surface area contributed by atoms with Crippen LogP contribution in [-0.2, 0) is 32.6 Å². The van der Waals surface area contributed by atoms with Gasteiger partial charge in [0.15, 0.2) is 6.29 Å². The summed E-state index contributed by atoms with van der Waals surface area (Å²) in [7, 11) is -3.59. The van der Waals surface area contributed by atoms with Crippen molar-refractivity contribution in [3.05, 3.63) is 101 Å². The Morgan fingerprint density at radius 1 is 0.884 bits per heavy atom. The molecule has 230 valence electrons. The monoisotopic (exact) mass is 604 g/mol. The molecule has 0 amide bonds. The van der Waals surface area contributed by atoms with E-state index in [0.717, 1.165) is 41.8 Å². The molecule has 3 aromatic carbocycles. The molecule has 3 aromatic rings. The van der Waals surface area contributed by atoms with Crippen LogP contribution < -0.4 is 4.72 Å². The predicted octanol–water partition coefficient (Wildman–Crippen LogP) is 6.10. The number of sulfonamides is 1. The molecular formula is C35H44N2O5S. The first-order valence-electron chi connectivity index (χ1n) is 15.4. The molecule has 2 bridgehead atoms. The molecule has 7 nitrogen and oxygen atoms in total. The molecule has 2 N–H and O–H groups in total. The van der Waals surface area contributed by atoms with Crippen LogP contribution in [0.15, 0.2) is 83.8 Å². The third-order valence-electron chi connectivity index (χ3n) is 9.35. The molecule has 3 aliphatic rings. The van der Waals surface area contributed by atoms with Gasteiger partial charge < -0.3 is 14.6 Å². The van der Waals surface area contributed by atoms with Gasteiger partial charge in [-0.15, -0.1) is 0 Å². The van der Waals surface area contributed by atoms with Crippen LogP contribution in [0.2, 0.25) is 0 Å². The van der Waals surface area contributed by atoms with Gasteiger partial charge in [-0.25, -0.2) is 13.1 Å². The molecular weight excluding hydrogens is 560 g/mol. The number of hydrogen-bond donors (Lipinski definition) is 2. The summed E-state index contributed by atoms with van der Waals surface area (Å²) in [6.07, 6.45) is 3.83. The number of hydrogen-bond acceptors (Lipinski definition) is 6. The fourth-order valence-electron chi connectivity index (χ4n) is 7.74. The van der Waals surface area contributed by atoms with E-state index in [9.17, 15) is 13.5 Å². The van der Waals surface area contributed by atoms with Crippen LogP contribution in [0.4, 0.5) is 0 Å². The average Bonchev–Trinajstić information content (AvgIpc) is 3.23. The van der Waals surface area contributed by atoms with Crippen molar-refractivity contribution >= 4 is 10.0 Å². The summed E-state index contributed by atoms with van der Waals surface area (Å²) < 4.78 is 41.2. The first-order chi connectivity index (χ1) is 20.5. The highest BCUT2D eigenvalue weighted by Crippen LogP contribution is 2.53. The number of likely N-dealkylation sites (tertiary alicyclic amines) is 1. The highest BCUT2D eigenvalue weighted by Gasteiger charge is 2.50. The lowest BCUT2D eigenvalue weighted by molar-refractivity contribution is -0.253. The molecule has 5 unspecified atom stereocenters. The maximum Gasteiger partial charge on any atom is 0.240 e. The smallest absolute Gasteiger partial charge is 0.240 e. The number of fused-ring (bicyclic) bond motifs is 2. The first kappa shape index (κ1) is 30.4. The lowest BCUT2D eigenvalue weighted by Gasteiger charge is -2.41. The van der Waals surface area contributed by atoms with Gasteiger partial charge in [-0.05, 0) is 58.9 Å². The summed E-state index contributed by atoms with van der Waals surface area (Å²) in [5.74, 6) is 0. The molecule has 6 rings (SSSR count). The molecule has 2 heterocycles. The van der Waals surface area contributed by atoms with E-state index in [1.54, 1.807) is 30.3 Å². The summed E-state index contributed by atoms with van der Waals surface area (Å²) in [5.41, 5.74) is 4.43. The minimum Gasteiger partial charge on any atom is -0.392 e. The summed E-state index contributed by atoms with van der Waals surface area (Å²) >= 11 is 0. The first-order valence-corrected chi connectivity index (χ1v) is 16.9. The lowest BCUT2D eigenvalue weighted by Crippen LogP contribution is -2.42. The molecule has 8 heteroatoms. The highest BCUT2D eigenvalue weighted by molar-refractivity contribution is 7.89. The molecule has 0 radical (unpaired) electrons. The van der Waals surface area contributed by atoms with Crippen molar-refractivity contribution in [3.63, 3.8) is 0 Å². The largest absolute Gasteiger partial charge is 0.392 e. The number of rotatable bonds is 9. The number of benzene rings is 3. The van der Waals surface area contributed by atoms with Gasteiger partial charge in [0.05, 0.1) is 23.7 Å². The lowest BCUT2D eigenvalue weighted by atomic mass is 9.65. The highest BCUT2D eigenvalue weighted by atomic mass is 32.2. The predicted molar refractivity (Wildman–Crippen MR) is 166 cm³/mol. The van der Waals surface area contributed by atoms with Crippen molar-refractivity contribution < 1.29 is 23.0 Å². The van der Waals surface area contributed by atoms with Crippen molar-refractivity contribution in [1.29, 1.82) is 0 Å². The van der Waals surface area contributed by atoms with Crippen molar-refractivity contribution in [2.75, 3.05) is 13.1 Å². The van der Waals surface area contributed by atoms with Gasteiger partial charge in [-0.1, -0.05) is 87.5 Å². The third-order valence-corrected chi connectivity index (χ3v) is 10.8. The van der Waals surface area contributed by atoms with Gasteiger partial charge in [0.1, 0.15) is 0 Å². The number of aliphatic hydroxyl groups is 1. The van der Waals surface area contributed by atoms with Crippen LogP contribution in [-0.4, -0.2) is 43.7 Å². The number of nitrogens with one attached hydrogen (secondary N) is 1. The zero-order valence-electron chi connectivity index (χ0n) is 25.4. The van der Waals surface area contributed by atoms with E-state index >= 15 is 0 Å².